The Bertz CT molecular complexity index is 498. The van der Waals surface area contributed by atoms with Crippen LogP contribution in [0.2, 0.25) is 0 Å². The number of anilines is 1. The summed E-state index contributed by atoms with van der Waals surface area (Å²) in [6.45, 7) is 1.38. The van der Waals surface area contributed by atoms with Crippen molar-refractivity contribution in [3.63, 3.8) is 0 Å². The van der Waals surface area contributed by atoms with Crippen molar-refractivity contribution in [3.8, 4) is 5.69 Å². The van der Waals surface area contributed by atoms with Crippen LogP contribution in [0.15, 0.2) is 30.3 Å². The molecule has 1 saturated heterocycles. The highest BCUT2D eigenvalue weighted by atomic mass is 16.3. The molecule has 2 aromatic rings. The molecule has 0 unspecified atom stereocenters. The third kappa shape index (κ3) is 1.87. The van der Waals surface area contributed by atoms with Crippen LogP contribution in [0.5, 0.6) is 0 Å². The number of hydrogen-bond donors (Lipinski definition) is 1. The first-order chi connectivity index (χ1) is 8.34. The molecule has 1 N–H and O–H groups in total. The molecule has 6 heteroatoms. The van der Waals surface area contributed by atoms with Crippen LogP contribution in [-0.2, 0) is 0 Å². The number of hydrogen-bond acceptors (Lipinski definition) is 5. The van der Waals surface area contributed by atoms with Crippen molar-refractivity contribution in [1.82, 2.24) is 20.2 Å². The van der Waals surface area contributed by atoms with E-state index in [0.717, 1.165) is 18.7 Å². The van der Waals surface area contributed by atoms with Crippen molar-refractivity contribution in [2.45, 2.75) is 12.5 Å². The minimum absolute atomic E-state index is 0.282. The molecule has 6 nitrogen and oxygen atoms in total. The number of benzene rings is 1. The first-order valence-corrected chi connectivity index (χ1v) is 5.61. The smallest absolute Gasteiger partial charge is 0.250 e. The Kier molecular flexibility index (Phi) is 2.49. The number of rotatable bonds is 2. The Labute approximate surface area is 98.5 Å². The molecule has 1 aliphatic rings. The first kappa shape index (κ1) is 10.2. The van der Waals surface area contributed by atoms with Crippen molar-refractivity contribution in [3.05, 3.63) is 30.3 Å². The molecule has 0 bridgehead atoms. The molecule has 0 radical (unpaired) electrons. The molecule has 3 rings (SSSR count). The van der Waals surface area contributed by atoms with Crippen molar-refractivity contribution in [2.24, 2.45) is 0 Å². The lowest BCUT2D eigenvalue weighted by molar-refractivity contribution is 0.198. The van der Waals surface area contributed by atoms with Crippen LogP contribution in [-0.4, -0.2) is 44.5 Å². The zero-order valence-electron chi connectivity index (χ0n) is 9.27. The predicted octanol–water partition coefficient (Wildman–Crippen LogP) is 0.233. The summed E-state index contributed by atoms with van der Waals surface area (Å²) in [5.41, 5.74) is 0.925. The molecule has 2 heterocycles. The molecular weight excluding hydrogens is 218 g/mol. The van der Waals surface area contributed by atoms with Gasteiger partial charge in [0.25, 0.3) is 0 Å². The standard InChI is InChI=1S/C11H13N5O/c17-10-6-7-15(8-10)11-12-13-14-16(11)9-4-2-1-3-5-9/h1-5,10,17H,6-8H2/t10-/m0/s1. The highest BCUT2D eigenvalue weighted by Crippen LogP contribution is 2.19. The zero-order valence-corrected chi connectivity index (χ0v) is 9.27. The molecule has 88 valence electrons. The highest BCUT2D eigenvalue weighted by molar-refractivity contribution is 5.41. The molecular formula is C11H13N5O. The number of aromatic nitrogens is 4. The van der Waals surface area contributed by atoms with E-state index in [2.05, 4.69) is 15.5 Å². The van der Waals surface area contributed by atoms with Gasteiger partial charge in [-0.3, -0.25) is 0 Å². The van der Waals surface area contributed by atoms with E-state index in [1.165, 1.54) is 0 Å². The van der Waals surface area contributed by atoms with Crippen molar-refractivity contribution >= 4 is 5.95 Å². The van der Waals surface area contributed by atoms with Gasteiger partial charge in [0.05, 0.1) is 11.8 Å². The van der Waals surface area contributed by atoms with Gasteiger partial charge in [-0.1, -0.05) is 23.3 Å². The maximum Gasteiger partial charge on any atom is 0.250 e. The van der Waals surface area contributed by atoms with E-state index >= 15 is 0 Å². The zero-order chi connectivity index (χ0) is 11.7. The van der Waals surface area contributed by atoms with Gasteiger partial charge in [0.2, 0.25) is 5.95 Å². The average Bonchev–Trinajstić information content (AvgIpc) is 2.98. The molecule has 1 aliphatic heterocycles. The minimum atomic E-state index is -0.282. The lowest BCUT2D eigenvalue weighted by Gasteiger charge is -2.15. The lowest BCUT2D eigenvalue weighted by atomic mass is 10.3. The second-order valence-electron chi connectivity index (χ2n) is 4.11. The Morgan fingerprint density at radius 1 is 1.24 bits per heavy atom. The van der Waals surface area contributed by atoms with Crippen LogP contribution in [0.3, 0.4) is 0 Å². The Morgan fingerprint density at radius 3 is 2.76 bits per heavy atom. The summed E-state index contributed by atoms with van der Waals surface area (Å²) < 4.78 is 1.69. The quantitative estimate of drug-likeness (QED) is 0.801. The van der Waals surface area contributed by atoms with E-state index in [1.54, 1.807) is 4.68 Å². The highest BCUT2D eigenvalue weighted by Gasteiger charge is 2.25. The molecule has 1 atom stereocenters. The predicted molar refractivity (Wildman–Crippen MR) is 62.0 cm³/mol. The molecule has 1 aromatic carbocycles. The minimum Gasteiger partial charge on any atom is -0.391 e. The van der Waals surface area contributed by atoms with Crippen LogP contribution in [0.25, 0.3) is 5.69 Å². The van der Waals surface area contributed by atoms with Crippen LogP contribution >= 0.6 is 0 Å². The Morgan fingerprint density at radius 2 is 2.06 bits per heavy atom. The summed E-state index contributed by atoms with van der Waals surface area (Å²) >= 11 is 0. The normalized spacial score (nSPS) is 19.8. The number of aliphatic hydroxyl groups is 1. The topological polar surface area (TPSA) is 67.1 Å². The van der Waals surface area contributed by atoms with E-state index < -0.39 is 0 Å². The summed E-state index contributed by atoms with van der Waals surface area (Å²) in [4.78, 5) is 2.00. The van der Waals surface area contributed by atoms with Gasteiger partial charge in [0, 0.05) is 13.1 Å². The van der Waals surface area contributed by atoms with Crippen LogP contribution in [0.1, 0.15) is 6.42 Å². The fraction of sp³-hybridized carbons (Fsp3) is 0.364. The van der Waals surface area contributed by atoms with Gasteiger partial charge in [-0.15, -0.1) is 0 Å². The molecule has 17 heavy (non-hydrogen) atoms. The molecule has 0 amide bonds. The third-order valence-electron chi connectivity index (χ3n) is 2.90. The van der Waals surface area contributed by atoms with Crippen LogP contribution in [0, 0.1) is 0 Å². The van der Waals surface area contributed by atoms with Gasteiger partial charge in [0.15, 0.2) is 0 Å². The number of aliphatic hydroxyl groups excluding tert-OH is 1. The molecule has 1 aromatic heterocycles. The summed E-state index contributed by atoms with van der Waals surface area (Å²) in [5.74, 6) is 0.688. The van der Waals surface area contributed by atoms with E-state index in [9.17, 15) is 5.11 Å². The maximum atomic E-state index is 9.54. The first-order valence-electron chi connectivity index (χ1n) is 5.61. The number of nitrogens with zero attached hydrogens (tertiary/aromatic N) is 5. The van der Waals surface area contributed by atoms with Gasteiger partial charge in [-0.05, 0) is 29.0 Å². The number of tetrazole rings is 1. The van der Waals surface area contributed by atoms with Crippen molar-refractivity contribution in [2.75, 3.05) is 18.0 Å². The van der Waals surface area contributed by atoms with Crippen molar-refractivity contribution < 1.29 is 5.11 Å². The molecule has 0 saturated carbocycles. The average molecular weight is 231 g/mol. The summed E-state index contributed by atoms with van der Waals surface area (Å²) in [6.07, 6.45) is 0.484. The molecule has 0 spiro atoms. The molecule has 1 fully saturated rings. The second-order valence-corrected chi connectivity index (χ2v) is 4.11. The monoisotopic (exact) mass is 231 g/mol. The molecule has 0 aliphatic carbocycles. The van der Waals surface area contributed by atoms with E-state index in [0.29, 0.717) is 12.5 Å². The fourth-order valence-corrected chi connectivity index (χ4v) is 2.04. The van der Waals surface area contributed by atoms with Gasteiger partial charge in [-0.25, -0.2) is 0 Å². The van der Waals surface area contributed by atoms with E-state index in [-0.39, 0.29) is 6.10 Å². The second kappa shape index (κ2) is 4.14. The van der Waals surface area contributed by atoms with E-state index in [1.807, 2.05) is 35.2 Å². The number of β-amino-alcohol motifs (C(OH)–C–C–N with tert-alkyl or cyclic N) is 1. The summed E-state index contributed by atoms with van der Waals surface area (Å²) in [6, 6.07) is 9.74. The van der Waals surface area contributed by atoms with Gasteiger partial charge >= 0.3 is 0 Å². The van der Waals surface area contributed by atoms with Crippen LogP contribution < -0.4 is 4.90 Å². The Hall–Kier alpha value is -1.95. The lowest BCUT2D eigenvalue weighted by Crippen LogP contribution is -2.24. The summed E-state index contributed by atoms with van der Waals surface area (Å²) in [5, 5.41) is 21.3. The van der Waals surface area contributed by atoms with Crippen molar-refractivity contribution in [1.29, 1.82) is 0 Å². The SMILES string of the molecule is O[C@H]1CCN(c2nnnn2-c2ccccc2)C1. The van der Waals surface area contributed by atoms with Gasteiger partial charge in [0.1, 0.15) is 0 Å². The fourth-order valence-electron chi connectivity index (χ4n) is 2.04. The summed E-state index contributed by atoms with van der Waals surface area (Å²) in [7, 11) is 0. The largest absolute Gasteiger partial charge is 0.391 e. The maximum absolute atomic E-state index is 9.54. The van der Waals surface area contributed by atoms with E-state index in [4.69, 9.17) is 0 Å². The van der Waals surface area contributed by atoms with Crippen LogP contribution in [0.4, 0.5) is 5.95 Å². The third-order valence-corrected chi connectivity index (χ3v) is 2.90. The van der Waals surface area contributed by atoms with Gasteiger partial charge in [-0.2, -0.15) is 4.68 Å². The van der Waals surface area contributed by atoms with Gasteiger partial charge < -0.3 is 10.0 Å². The Balaban J connectivity index is 1.95. The number of para-hydroxylation sites is 1.